The van der Waals surface area contributed by atoms with Crippen molar-refractivity contribution in [2.24, 2.45) is 0 Å². The molecule has 11 heteroatoms. The Balaban J connectivity index is 1.84. The Bertz CT molecular complexity index is 1450. The number of benzene rings is 2. The van der Waals surface area contributed by atoms with Crippen molar-refractivity contribution in [2.75, 3.05) is 18.3 Å². The van der Waals surface area contributed by atoms with Gasteiger partial charge in [0, 0.05) is 18.5 Å². The molecule has 2 aromatic heterocycles. The second-order valence-electron chi connectivity index (χ2n) is 7.18. The van der Waals surface area contributed by atoms with Gasteiger partial charge in [-0.2, -0.15) is 4.98 Å². The first-order valence-electron chi connectivity index (χ1n) is 9.64. The van der Waals surface area contributed by atoms with Gasteiger partial charge in [-0.3, -0.25) is 0 Å². The Hall–Kier alpha value is -3.63. The standard InChI is InChI=1S/C22H19ClN4O5S/c1-14-4-7-16(8-5-14)32-22(28)27(21-24-20-11-6-15(23)13-26(20)25-21)18-10-9-17(33(3,29)30)12-19(18)31-2/h4-13H,1-3H3. The van der Waals surface area contributed by atoms with Crippen LogP contribution in [0.5, 0.6) is 11.5 Å². The number of sulfone groups is 1. The van der Waals surface area contributed by atoms with Gasteiger partial charge in [0.25, 0.3) is 5.95 Å². The van der Waals surface area contributed by atoms with Crippen LogP contribution in [0, 0.1) is 6.92 Å². The highest BCUT2D eigenvalue weighted by Gasteiger charge is 2.28. The molecule has 0 aliphatic carbocycles. The molecule has 0 radical (unpaired) electrons. The number of amides is 1. The third-order valence-corrected chi connectivity index (χ3v) is 6.05. The van der Waals surface area contributed by atoms with E-state index in [1.54, 1.807) is 42.6 Å². The fraction of sp³-hybridized carbons (Fsp3) is 0.136. The van der Waals surface area contributed by atoms with E-state index in [-0.39, 0.29) is 22.3 Å². The number of carbonyl (C=O) groups excluding carboxylic acids is 1. The second kappa shape index (κ2) is 8.72. The van der Waals surface area contributed by atoms with E-state index in [4.69, 9.17) is 21.1 Å². The SMILES string of the molecule is COc1cc(S(C)(=O)=O)ccc1N(C(=O)Oc1ccc(C)cc1)c1nc2ccc(Cl)cn2n1. The van der Waals surface area contributed by atoms with Gasteiger partial charge in [0.2, 0.25) is 0 Å². The average Bonchev–Trinajstić information content (AvgIpc) is 3.17. The molecule has 0 saturated heterocycles. The van der Waals surface area contributed by atoms with Gasteiger partial charge in [-0.05, 0) is 43.3 Å². The Morgan fingerprint density at radius 2 is 1.82 bits per heavy atom. The van der Waals surface area contributed by atoms with Gasteiger partial charge in [0.1, 0.15) is 11.5 Å². The van der Waals surface area contributed by atoms with Crippen molar-refractivity contribution in [2.45, 2.75) is 11.8 Å². The Kier molecular flexibility index (Phi) is 5.96. The normalized spacial score (nSPS) is 11.4. The van der Waals surface area contributed by atoms with E-state index in [1.165, 1.54) is 29.8 Å². The molecule has 0 spiro atoms. The molecule has 33 heavy (non-hydrogen) atoms. The molecule has 0 N–H and O–H groups in total. The summed E-state index contributed by atoms with van der Waals surface area (Å²) in [5.74, 6) is 0.421. The summed E-state index contributed by atoms with van der Waals surface area (Å²) < 4.78 is 36.4. The molecule has 0 bridgehead atoms. The number of anilines is 2. The predicted octanol–water partition coefficient (Wildman–Crippen LogP) is 4.44. The lowest BCUT2D eigenvalue weighted by molar-refractivity contribution is 0.210. The minimum atomic E-state index is -3.51. The number of aromatic nitrogens is 3. The number of aryl methyl sites for hydroxylation is 1. The maximum Gasteiger partial charge on any atom is 0.427 e. The van der Waals surface area contributed by atoms with Crippen LogP contribution in [-0.2, 0) is 9.84 Å². The first-order valence-corrected chi connectivity index (χ1v) is 11.9. The summed E-state index contributed by atoms with van der Waals surface area (Å²) in [4.78, 5) is 18.8. The molecule has 4 aromatic rings. The van der Waals surface area contributed by atoms with Crippen molar-refractivity contribution >= 4 is 44.8 Å². The van der Waals surface area contributed by atoms with Gasteiger partial charge in [-0.25, -0.2) is 22.6 Å². The summed E-state index contributed by atoms with van der Waals surface area (Å²) >= 11 is 6.04. The monoisotopic (exact) mass is 486 g/mol. The molecule has 170 valence electrons. The maximum absolute atomic E-state index is 13.3. The summed E-state index contributed by atoms with van der Waals surface area (Å²) in [7, 11) is -2.14. The molecular formula is C22H19ClN4O5S. The lowest BCUT2D eigenvalue weighted by atomic mass is 10.2. The summed E-state index contributed by atoms with van der Waals surface area (Å²) in [6.07, 6.45) is 1.81. The maximum atomic E-state index is 13.3. The number of hydrogen-bond acceptors (Lipinski definition) is 7. The summed E-state index contributed by atoms with van der Waals surface area (Å²) in [6, 6.07) is 14.3. The first-order chi connectivity index (χ1) is 15.7. The van der Waals surface area contributed by atoms with Crippen LogP contribution in [0.15, 0.2) is 65.7 Å². The van der Waals surface area contributed by atoms with Crippen molar-refractivity contribution in [3.8, 4) is 11.5 Å². The molecular weight excluding hydrogens is 468 g/mol. The minimum absolute atomic E-state index is 0.0141. The van der Waals surface area contributed by atoms with Gasteiger partial charge >= 0.3 is 6.09 Å². The van der Waals surface area contributed by atoms with E-state index in [0.717, 1.165) is 16.7 Å². The van der Waals surface area contributed by atoms with E-state index in [1.807, 2.05) is 6.92 Å². The molecule has 0 fully saturated rings. The van der Waals surface area contributed by atoms with Crippen LogP contribution in [0.25, 0.3) is 5.65 Å². The smallest absolute Gasteiger partial charge is 0.427 e. The van der Waals surface area contributed by atoms with Crippen LogP contribution >= 0.6 is 11.6 Å². The molecule has 0 atom stereocenters. The van der Waals surface area contributed by atoms with Crippen LogP contribution in [0.2, 0.25) is 5.02 Å². The molecule has 0 saturated carbocycles. The summed E-state index contributed by atoms with van der Waals surface area (Å²) in [5, 5.41) is 4.78. The average molecular weight is 487 g/mol. The quantitative estimate of drug-likeness (QED) is 0.410. The zero-order valence-corrected chi connectivity index (χ0v) is 19.5. The van der Waals surface area contributed by atoms with E-state index < -0.39 is 15.9 Å². The fourth-order valence-electron chi connectivity index (χ4n) is 3.05. The number of methoxy groups -OCH3 is 1. The van der Waals surface area contributed by atoms with Crippen molar-refractivity contribution in [3.63, 3.8) is 0 Å². The Morgan fingerprint density at radius 1 is 1.09 bits per heavy atom. The first kappa shape index (κ1) is 22.6. The summed E-state index contributed by atoms with van der Waals surface area (Å²) in [6.45, 7) is 1.91. The van der Waals surface area contributed by atoms with Gasteiger partial charge in [0.15, 0.2) is 15.5 Å². The number of ether oxygens (including phenoxy) is 2. The van der Waals surface area contributed by atoms with Crippen LogP contribution in [0.1, 0.15) is 5.56 Å². The third-order valence-electron chi connectivity index (χ3n) is 4.71. The fourth-order valence-corrected chi connectivity index (χ4v) is 3.85. The van der Waals surface area contributed by atoms with Gasteiger partial charge in [-0.1, -0.05) is 29.3 Å². The van der Waals surface area contributed by atoms with E-state index in [0.29, 0.717) is 16.4 Å². The zero-order valence-electron chi connectivity index (χ0n) is 17.9. The topological polar surface area (TPSA) is 103 Å². The number of carbonyl (C=O) groups is 1. The number of pyridine rings is 1. The van der Waals surface area contributed by atoms with Gasteiger partial charge in [0.05, 0.1) is 22.7 Å². The molecule has 0 aliphatic heterocycles. The largest absolute Gasteiger partial charge is 0.495 e. The van der Waals surface area contributed by atoms with Crippen LogP contribution in [-0.4, -0.2) is 42.5 Å². The number of nitrogens with zero attached hydrogens (tertiary/aromatic N) is 4. The number of hydrogen-bond donors (Lipinski definition) is 0. The minimum Gasteiger partial charge on any atom is -0.495 e. The van der Waals surface area contributed by atoms with E-state index >= 15 is 0 Å². The predicted molar refractivity (Wildman–Crippen MR) is 123 cm³/mol. The van der Waals surface area contributed by atoms with Crippen LogP contribution in [0.4, 0.5) is 16.4 Å². The van der Waals surface area contributed by atoms with E-state index in [2.05, 4.69) is 10.1 Å². The van der Waals surface area contributed by atoms with Gasteiger partial charge < -0.3 is 9.47 Å². The van der Waals surface area contributed by atoms with Crippen molar-refractivity contribution in [3.05, 3.63) is 71.4 Å². The molecule has 0 aliphatic rings. The molecule has 2 aromatic carbocycles. The Morgan fingerprint density at radius 3 is 2.48 bits per heavy atom. The second-order valence-corrected chi connectivity index (χ2v) is 9.64. The highest BCUT2D eigenvalue weighted by Crippen LogP contribution is 2.35. The van der Waals surface area contributed by atoms with Crippen molar-refractivity contribution < 1.29 is 22.7 Å². The molecule has 9 nitrogen and oxygen atoms in total. The molecule has 0 unspecified atom stereocenters. The highest BCUT2D eigenvalue weighted by atomic mass is 35.5. The number of fused-ring (bicyclic) bond motifs is 1. The van der Waals surface area contributed by atoms with Crippen molar-refractivity contribution in [1.82, 2.24) is 14.6 Å². The van der Waals surface area contributed by atoms with Gasteiger partial charge in [-0.15, -0.1) is 5.10 Å². The lowest BCUT2D eigenvalue weighted by Gasteiger charge is -2.21. The third kappa shape index (κ3) is 4.76. The molecule has 2 heterocycles. The molecule has 4 rings (SSSR count). The van der Waals surface area contributed by atoms with Crippen molar-refractivity contribution in [1.29, 1.82) is 0 Å². The lowest BCUT2D eigenvalue weighted by Crippen LogP contribution is -2.30. The zero-order chi connectivity index (χ0) is 23.8. The number of rotatable bonds is 5. The van der Waals surface area contributed by atoms with Crippen LogP contribution in [0.3, 0.4) is 0 Å². The van der Waals surface area contributed by atoms with Crippen LogP contribution < -0.4 is 14.4 Å². The number of halogens is 1. The highest BCUT2D eigenvalue weighted by molar-refractivity contribution is 7.90. The Labute approximate surface area is 195 Å². The van der Waals surface area contributed by atoms with E-state index in [9.17, 15) is 13.2 Å². The molecule has 1 amide bonds. The summed E-state index contributed by atoms with van der Waals surface area (Å²) in [5.41, 5.74) is 1.64.